The van der Waals surface area contributed by atoms with E-state index in [4.69, 9.17) is 5.73 Å². The molecule has 0 spiro atoms. The third-order valence-corrected chi connectivity index (χ3v) is 4.73. The lowest BCUT2D eigenvalue weighted by molar-refractivity contribution is -0.384. The molecule has 0 aliphatic carbocycles. The van der Waals surface area contributed by atoms with Crippen molar-refractivity contribution < 1.29 is 14.1 Å². The number of carbonyl (C=O) groups is 1. The monoisotopic (exact) mass is 378 g/mol. The molecule has 0 unspecified atom stereocenters. The molecular formula is C20H15FN4O3. The van der Waals surface area contributed by atoms with E-state index in [9.17, 15) is 19.3 Å². The molecule has 0 bridgehead atoms. The molecule has 28 heavy (non-hydrogen) atoms. The highest BCUT2D eigenvalue weighted by Gasteiger charge is 2.20. The Morgan fingerprint density at radius 3 is 2.68 bits per heavy atom. The van der Waals surface area contributed by atoms with Gasteiger partial charge in [0.2, 0.25) is 0 Å². The van der Waals surface area contributed by atoms with Crippen molar-refractivity contribution in [1.29, 1.82) is 0 Å². The van der Waals surface area contributed by atoms with E-state index in [2.05, 4.69) is 10.3 Å². The molecule has 3 N–H and O–H groups in total. The van der Waals surface area contributed by atoms with Crippen molar-refractivity contribution >= 4 is 17.4 Å². The molecule has 0 saturated carbocycles. The lowest BCUT2D eigenvalue weighted by Crippen LogP contribution is -2.31. The highest BCUT2D eigenvalue weighted by Crippen LogP contribution is 2.35. The maximum atomic E-state index is 13.7. The zero-order valence-electron chi connectivity index (χ0n) is 14.6. The van der Waals surface area contributed by atoms with Gasteiger partial charge in [-0.1, -0.05) is 12.1 Å². The number of pyridine rings is 1. The fourth-order valence-electron chi connectivity index (χ4n) is 3.35. The summed E-state index contributed by atoms with van der Waals surface area (Å²) < 4.78 is 13.7. The Bertz CT molecular complexity index is 1130. The van der Waals surface area contributed by atoms with E-state index in [0.717, 1.165) is 29.3 Å². The van der Waals surface area contributed by atoms with E-state index in [1.54, 1.807) is 18.2 Å². The van der Waals surface area contributed by atoms with Crippen LogP contribution in [0.1, 0.15) is 15.9 Å². The molecule has 140 valence electrons. The van der Waals surface area contributed by atoms with Gasteiger partial charge in [-0.05, 0) is 41.8 Å². The number of amides is 1. The zero-order valence-corrected chi connectivity index (χ0v) is 14.6. The number of anilines is 1. The van der Waals surface area contributed by atoms with Crippen molar-refractivity contribution in [2.24, 2.45) is 0 Å². The van der Waals surface area contributed by atoms with Crippen molar-refractivity contribution in [2.45, 2.75) is 6.42 Å². The maximum Gasteiger partial charge on any atom is 0.277 e. The standard InChI is InChI=1S/C20H15FN4O3/c21-14-2-4-18(25(27)28)16(9-14)13-8-17(19(22)24-10-13)11-1-3-15-12(7-11)5-6-23-20(15)26/h1-4,7-10H,5-6H2,(H2,22,24)(H,23,26). The van der Waals surface area contributed by atoms with Gasteiger partial charge in [0.15, 0.2) is 0 Å². The number of halogens is 1. The van der Waals surface area contributed by atoms with Gasteiger partial charge < -0.3 is 11.1 Å². The summed E-state index contributed by atoms with van der Waals surface area (Å²) in [4.78, 5) is 26.8. The summed E-state index contributed by atoms with van der Waals surface area (Å²) >= 11 is 0. The number of nitrogens with two attached hydrogens (primary N) is 1. The number of hydrogen-bond acceptors (Lipinski definition) is 5. The van der Waals surface area contributed by atoms with Crippen LogP contribution in [0.3, 0.4) is 0 Å². The summed E-state index contributed by atoms with van der Waals surface area (Å²) in [6, 6.07) is 10.3. The van der Waals surface area contributed by atoms with E-state index >= 15 is 0 Å². The smallest absolute Gasteiger partial charge is 0.277 e. The molecule has 0 saturated heterocycles. The Hall–Kier alpha value is -3.81. The van der Waals surface area contributed by atoms with E-state index in [1.807, 2.05) is 6.07 Å². The highest BCUT2D eigenvalue weighted by atomic mass is 19.1. The number of nitro benzene ring substituents is 1. The summed E-state index contributed by atoms with van der Waals surface area (Å²) in [6.45, 7) is 0.554. The van der Waals surface area contributed by atoms with E-state index in [0.29, 0.717) is 29.7 Å². The second-order valence-corrected chi connectivity index (χ2v) is 6.45. The minimum atomic E-state index is -0.584. The fourth-order valence-corrected chi connectivity index (χ4v) is 3.35. The van der Waals surface area contributed by atoms with Gasteiger partial charge in [-0.15, -0.1) is 0 Å². The molecule has 3 aromatic rings. The molecule has 7 nitrogen and oxygen atoms in total. The van der Waals surface area contributed by atoms with Crippen LogP contribution in [0.2, 0.25) is 0 Å². The number of nitrogens with one attached hydrogen (secondary N) is 1. The van der Waals surface area contributed by atoms with Crippen LogP contribution in [-0.2, 0) is 6.42 Å². The van der Waals surface area contributed by atoms with Crippen LogP contribution in [0.5, 0.6) is 0 Å². The lowest BCUT2D eigenvalue weighted by Gasteiger charge is -2.18. The van der Waals surface area contributed by atoms with Gasteiger partial charge in [0.25, 0.3) is 11.6 Å². The van der Waals surface area contributed by atoms with Gasteiger partial charge in [0, 0.05) is 35.5 Å². The minimum absolute atomic E-state index is 0.121. The summed E-state index contributed by atoms with van der Waals surface area (Å²) in [5, 5.41) is 14.1. The summed E-state index contributed by atoms with van der Waals surface area (Å²) in [6.07, 6.45) is 2.07. The van der Waals surface area contributed by atoms with Crippen molar-refractivity contribution in [1.82, 2.24) is 10.3 Å². The number of rotatable bonds is 3. The summed E-state index contributed by atoms with van der Waals surface area (Å²) in [7, 11) is 0. The normalized spacial score (nSPS) is 13.0. The molecule has 1 aliphatic heterocycles. The van der Waals surface area contributed by atoms with Crippen LogP contribution < -0.4 is 11.1 Å². The lowest BCUT2D eigenvalue weighted by atomic mass is 9.94. The Morgan fingerprint density at radius 1 is 1.07 bits per heavy atom. The molecule has 2 aromatic carbocycles. The zero-order chi connectivity index (χ0) is 19.8. The van der Waals surface area contributed by atoms with E-state index < -0.39 is 10.7 Å². The third kappa shape index (κ3) is 3.05. The molecule has 4 rings (SSSR count). The SMILES string of the molecule is Nc1ncc(-c2cc(F)ccc2[N+](=O)[O-])cc1-c1ccc2c(c1)CCNC2=O. The quantitative estimate of drug-likeness (QED) is 0.536. The van der Waals surface area contributed by atoms with Crippen LogP contribution in [0.15, 0.2) is 48.7 Å². The van der Waals surface area contributed by atoms with Crippen LogP contribution >= 0.6 is 0 Å². The van der Waals surface area contributed by atoms with Crippen LogP contribution in [0.4, 0.5) is 15.9 Å². The molecule has 1 amide bonds. The van der Waals surface area contributed by atoms with Gasteiger partial charge in [-0.3, -0.25) is 14.9 Å². The Kier molecular flexibility index (Phi) is 4.23. The van der Waals surface area contributed by atoms with Crippen LogP contribution in [0, 0.1) is 15.9 Å². The summed E-state index contributed by atoms with van der Waals surface area (Å²) in [5.74, 6) is -0.468. The second kappa shape index (κ2) is 6.73. The molecule has 0 atom stereocenters. The number of benzene rings is 2. The first-order chi connectivity index (χ1) is 13.4. The molecular weight excluding hydrogens is 363 g/mol. The fraction of sp³-hybridized carbons (Fsp3) is 0.100. The van der Waals surface area contributed by atoms with Crippen molar-refractivity contribution in [3.05, 3.63) is 75.7 Å². The molecule has 1 aliphatic rings. The first kappa shape index (κ1) is 17.6. The number of nitrogens with zero attached hydrogens (tertiary/aromatic N) is 2. The number of nitro groups is 1. The van der Waals surface area contributed by atoms with Crippen molar-refractivity contribution in [2.75, 3.05) is 12.3 Å². The van der Waals surface area contributed by atoms with Crippen LogP contribution in [-0.4, -0.2) is 22.4 Å². The molecule has 1 aromatic heterocycles. The van der Waals surface area contributed by atoms with E-state index in [-0.39, 0.29) is 23.0 Å². The number of fused-ring (bicyclic) bond motifs is 1. The topological polar surface area (TPSA) is 111 Å². The largest absolute Gasteiger partial charge is 0.383 e. The van der Waals surface area contributed by atoms with Gasteiger partial charge in [-0.2, -0.15) is 0 Å². The minimum Gasteiger partial charge on any atom is -0.383 e. The predicted octanol–water partition coefficient (Wildman–Crippen LogP) is 3.33. The number of hydrogen-bond donors (Lipinski definition) is 2. The maximum absolute atomic E-state index is 13.7. The highest BCUT2D eigenvalue weighted by molar-refractivity contribution is 5.97. The number of nitrogen functional groups attached to an aromatic ring is 1. The Morgan fingerprint density at radius 2 is 1.89 bits per heavy atom. The molecule has 2 heterocycles. The first-order valence-electron chi connectivity index (χ1n) is 8.55. The average molecular weight is 378 g/mol. The number of carbonyl (C=O) groups excluding carboxylic acids is 1. The first-order valence-corrected chi connectivity index (χ1v) is 8.55. The molecule has 8 heteroatoms. The second-order valence-electron chi connectivity index (χ2n) is 6.45. The Labute approximate surface area is 159 Å². The predicted molar refractivity (Wildman–Crippen MR) is 102 cm³/mol. The molecule has 0 fully saturated rings. The third-order valence-electron chi connectivity index (χ3n) is 4.73. The summed E-state index contributed by atoms with van der Waals surface area (Å²) in [5.41, 5.74) is 9.11. The van der Waals surface area contributed by atoms with Crippen molar-refractivity contribution in [3.8, 4) is 22.3 Å². The van der Waals surface area contributed by atoms with Gasteiger partial charge in [0.1, 0.15) is 11.6 Å². The average Bonchev–Trinajstić information content (AvgIpc) is 2.68. The van der Waals surface area contributed by atoms with Gasteiger partial charge in [-0.25, -0.2) is 9.37 Å². The molecule has 0 radical (unpaired) electrons. The number of aromatic nitrogens is 1. The van der Waals surface area contributed by atoms with Crippen molar-refractivity contribution in [3.63, 3.8) is 0 Å². The van der Waals surface area contributed by atoms with E-state index in [1.165, 1.54) is 6.20 Å². The van der Waals surface area contributed by atoms with Crippen LogP contribution in [0.25, 0.3) is 22.3 Å². The van der Waals surface area contributed by atoms with Gasteiger partial charge >= 0.3 is 0 Å². The Balaban J connectivity index is 1.85. The van der Waals surface area contributed by atoms with Gasteiger partial charge in [0.05, 0.1) is 10.5 Å².